The minimum Gasteiger partial charge on any atom is -0.480 e. The number of tetrazole rings is 1. The maximum atomic E-state index is 11.5. The molecule has 0 unspecified atom stereocenters. The van der Waals surface area contributed by atoms with Crippen LogP contribution in [-0.2, 0) is 9.59 Å². The van der Waals surface area contributed by atoms with Crippen LogP contribution >= 0.6 is 11.8 Å². The maximum Gasteiger partial charge on any atom is 0.325 e. The quantitative estimate of drug-likeness (QED) is 0.683. The zero-order chi connectivity index (χ0) is 13.1. The average Bonchev–Trinajstić information content (AvgIpc) is 3.05. The monoisotopic (exact) mass is 271 g/mol. The Balaban J connectivity index is 1.82. The van der Waals surface area contributed by atoms with E-state index in [1.54, 1.807) is 4.68 Å². The van der Waals surface area contributed by atoms with Crippen molar-refractivity contribution in [2.24, 2.45) is 0 Å². The van der Waals surface area contributed by atoms with Crippen molar-refractivity contribution in [3.8, 4) is 0 Å². The minimum atomic E-state index is -1.06. The van der Waals surface area contributed by atoms with Crippen LogP contribution in [0.2, 0.25) is 0 Å². The molecule has 1 atom stereocenters. The largest absolute Gasteiger partial charge is 0.480 e. The van der Waals surface area contributed by atoms with Gasteiger partial charge in [0.1, 0.15) is 6.04 Å². The van der Waals surface area contributed by atoms with Crippen LogP contribution in [0.25, 0.3) is 0 Å². The van der Waals surface area contributed by atoms with Gasteiger partial charge in [0.2, 0.25) is 11.1 Å². The summed E-state index contributed by atoms with van der Waals surface area (Å²) < 4.78 is 1.71. The first kappa shape index (κ1) is 12.8. The number of carbonyl (C=O) groups is 2. The predicted molar refractivity (Wildman–Crippen MR) is 62.1 cm³/mol. The van der Waals surface area contributed by atoms with Crippen molar-refractivity contribution >= 4 is 23.6 Å². The van der Waals surface area contributed by atoms with Crippen molar-refractivity contribution in [3.63, 3.8) is 0 Å². The number of nitrogens with one attached hydrogen (secondary N) is 1. The summed E-state index contributed by atoms with van der Waals surface area (Å²) in [4.78, 5) is 22.0. The Labute approximate surface area is 107 Å². The number of hydrogen-bond donors (Lipinski definition) is 2. The molecule has 1 fully saturated rings. The first-order valence-electron chi connectivity index (χ1n) is 5.50. The molecule has 0 radical (unpaired) electrons. The third kappa shape index (κ3) is 3.19. The Kier molecular flexibility index (Phi) is 3.80. The molecule has 98 valence electrons. The zero-order valence-electron chi connectivity index (χ0n) is 9.74. The van der Waals surface area contributed by atoms with E-state index in [0.717, 1.165) is 12.8 Å². The number of hydrogen-bond acceptors (Lipinski definition) is 6. The Hall–Kier alpha value is -1.64. The molecular weight excluding hydrogens is 258 g/mol. The number of amides is 1. The van der Waals surface area contributed by atoms with Gasteiger partial charge in [0.05, 0.1) is 11.8 Å². The van der Waals surface area contributed by atoms with Crippen LogP contribution in [0.15, 0.2) is 5.16 Å². The lowest BCUT2D eigenvalue weighted by Crippen LogP contribution is -2.39. The summed E-state index contributed by atoms with van der Waals surface area (Å²) in [5, 5.41) is 22.9. The number of aliphatic carboxylic acids is 1. The molecule has 1 aliphatic carbocycles. The number of nitrogens with zero attached hydrogens (tertiary/aromatic N) is 4. The molecular formula is C9H13N5O3S. The van der Waals surface area contributed by atoms with Gasteiger partial charge in [-0.15, -0.1) is 5.10 Å². The third-order valence-corrected chi connectivity index (χ3v) is 3.37. The number of aromatic nitrogens is 4. The van der Waals surface area contributed by atoms with Crippen LogP contribution in [0, 0.1) is 0 Å². The number of carbonyl (C=O) groups excluding carboxylic acids is 1. The van der Waals surface area contributed by atoms with Crippen LogP contribution in [0.1, 0.15) is 25.8 Å². The van der Waals surface area contributed by atoms with Gasteiger partial charge in [0.15, 0.2) is 0 Å². The minimum absolute atomic E-state index is 0.102. The smallest absolute Gasteiger partial charge is 0.325 e. The van der Waals surface area contributed by atoms with E-state index in [2.05, 4.69) is 20.8 Å². The molecule has 0 aliphatic heterocycles. The fourth-order valence-corrected chi connectivity index (χ4v) is 2.06. The van der Waals surface area contributed by atoms with Gasteiger partial charge in [-0.05, 0) is 30.2 Å². The Morgan fingerprint density at radius 1 is 1.61 bits per heavy atom. The molecule has 18 heavy (non-hydrogen) atoms. The number of carboxylic acid groups (broad SMARTS) is 1. The van der Waals surface area contributed by atoms with E-state index in [0.29, 0.717) is 11.2 Å². The molecule has 1 heterocycles. The van der Waals surface area contributed by atoms with Crippen LogP contribution in [-0.4, -0.2) is 49.0 Å². The van der Waals surface area contributed by atoms with Crippen molar-refractivity contribution in [2.75, 3.05) is 5.75 Å². The van der Waals surface area contributed by atoms with Gasteiger partial charge in [0.25, 0.3) is 0 Å². The second-order valence-electron chi connectivity index (χ2n) is 4.05. The fraction of sp³-hybridized carbons (Fsp3) is 0.667. The summed E-state index contributed by atoms with van der Waals surface area (Å²) in [6, 6.07) is -0.541. The van der Waals surface area contributed by atoms with Crippen molar-refractivity contribution in [1.29, 1.82) is 0 Å². The molecule has 2 N–H and O–H groups in total. The van der Waals surface area contributed by atoms with Gasteiger partial charge in [-0.2, -0.15) is 0 Å². The topological polar surface area (TPSA) is 110 Å². The van der Waals surface area contributed by atoms with E-state index in [1.807, 2.05) is 0 Å². The third-order valence-electron chi connectivity index (χ3n) is 2.44. The molecule has 2 rings (SSSR count). The van der Waals surface area contributed by atoms with Crippen LogP contribution < -0.4 is 5.32 Å². The summed E-state index contributed by atoms with van der Waals surface area (Å²) in [6.45, 7) is 1.42. The van der Waals surface area contributed by atoms with Gasteiger partial charge in [-0.1, -0.05) is 11.8 Å². The van der Waals surface area contributed by atoms with E-state index in [9.17, 15) is 9.59 Å². The highest BCUT2D eigenvalue weighted by Gasteiger charge is 2.28. The average molecular weight is 271 g/mol. The van der Waals surface area contributed by atoms with Crippen molar-refractivity contribution in [3.05, 3.63) is 0 Å². The predicted octanol–water partition coefficient (Wildman–Crippen LogP) is -0.311. The lowest BCUT2D eigenvalue weighted by atomic mass is 10.3. The van der Waals surface area contributed by atoms with E-state index in [-0.39, 0.29) is 11.7 Å². The van der Waals surface area contributed by atoms with Gasteiger partial charge >= 0.3 is 5.97 Å². The van der Waals surface area contributed by atoms with E-state index in [4.69, 9.17) is 5.11 Å². The highest BCUT2D eigenvalue weighted by Crippen LogP contribution is 2.36. The summed E-state index contributed by atoms with van der Waals surface area (Å²) in [5.41, 5.74) is 0. The normalized spacial score (nSPS) is 16.3. The number of rotatable bonds is 6. The summed E-state index contributed by atoms with van der Waals surface area (Å²) in [7, 11) is 0. The maximum absolute atomic E-state index is 11.5. The molecule has 8 nitrogen and oxygen atoms in total. The molecule has 1 aliphatic rings. The van der Waals surface area contributed by atoms with E-state index >= 15 is 0 Å². The van der Waals surface area contributed by atoms with Crippen molar-refractivity contribution < 1.29 is 14.7 Å². The Bertz CT molecular complexity index is 459. The molecule has 0 aromatic carbocycles. The van der Waals surface area contributed by atoms with Crippen LogP contribution in [0.5, 0.6) is 0 Å². The van der Waals surface area contributed by atoms with Gasteiger partial charge in [0, 0.05) is 0 Å². The highest BCUT2D eigenvalue weighted by molar-refractivity contribution is 7.99. The molecule has 1 saturated carbocycles. The Morgan fingerprint density at radius 3 is 2.94 bits per heavy atom. The van der Waals surface area contributed by atoms with Crippen LogP contribution in [0.3, 0.4) is 0 Å². The summed E-state index contributed by atoms with van der Waals surface area (Å²) in [6.07, 6.45) is 2.11. The van der Waals surface area contributed by atoms with E-state index < -0.39 is 12.0 Å². The van der Waals surface area contributed by atoms with E-state index in [1.165, 1.54) is 18.7 Å². The molecule has 0 bridgehead atoms. The molecule has 0 saturated heterocycles. The standard InChI is InChI=1S/C9H13N5O3S/c1-5(8(16)17)10-7(15)4-18-9-11-12-13-14(9)6-2-3-6/h5-6H,2-4H2,1H3,(H,10,15)(H,16,17)/t5-/m1/s1. The van der Waals surface area contributed by atoms with Crippen molar-refractivity contribution in [1.82, 2.24) is 25.5 Å². The van der Waals surface area contributed by atoms with Gasteiger partial charge < -0.3 is 10.4 Å². The zero-order valence-corrected chi connectivity index (χ0v) is 10.6. The van der Waals surface area contributed by atoms with Crippen LogP contribution in [0.4, 0.5) is 0 Å². The molecule has 1 aromatic heterocycles. The van der Waals surface area contributed by atoms with Gasteiger partial charge in [-0.25, -0.2) is 4.68 Å². The first-order chi connectivity index (χ1) is 8.58. The van der Waals surface area contributed by atoms with Crippen molar-refractivity contribution in [2.45, 2.75) is 37.0 Å². The molecule has 9 heteroatoms. The number of carboxylic acids is 1. The second-order valence-corrected chi connectivity index (χ2v) is 5.00. The highest BCUT2D eigenvalue weighted by atomic mass is 32.2. The molecule has 1 amide bonds. The lowest BCUT2D eigenvalue weighted by Gasteiger charge is -2.08. The Morgan fingerprint density at radius 2 is 2.33 bits per heavy atom. The SMILES string of the molecule is C[C@@H](NC(=O)CSc1nnnn1C1CC1)C(=O)O. The van der Waals surface area contributed by atoms with Gasteiger partial charge in [-0.3, -0.25) is 9.59 Å². The first-order valence-corrected chi connectivity index (χ1v) is 6.49. The molecule has 1 aromatic rings. The molecule has 0 spiro atoms. The number of thioether (sulfide) groups is 1. The summed E-state index contributed by atoms with van der Waals surface area (Å²) >= 11 is 1.21. The fourth-order valence-electron chi connectivity index (χ4n) is 1.30. The lowest BCUT2D eigenvalue weighted by molar-refractivity contribution is -0.140. The summed E-state index contributed by atoms with van der Waals surface area (Å²) in [5.74, 6) is -1.30. The second kappa shape index (κ2) is 5.34.